The molecule has 0 bridgehead atoms. The van der Waals surface area contributed by atoms with E-state index in [4.69, 9.17) is 4.74 Å². The van der Waals surface area contributed by atoms with Gasteiger partial charge in [-0.15, -0.1) is 5.10 Å². The third-order valence-electron chi connectivity index (χ3n) is 5.91. The molecule has 1 aromatic carbocycles. The summed E-state index contributed by atoms with van der Waals surface area (Å²) in [5.41, 5.74) is 1.39. The number of hydrogen-bond acceptors (Lipinski definition) is 6. The summed E-state index contributed by atoms with van der Waals surface area (Å²) in [7, 11) is 0. The molecule has 28 heavy (non-hydrogen) atoms. The number of benzene rings is 1. The van der Waals surface area contributed by atoms with Gasteiger partial charge in [0.05, 0.1) is 18.7 Å². The van der Waals surface area contributed by atoms with Gasteiger partial charge in [-0.25, -0.2) is 4.68 Å². The Morgan fingerprint density at radius 1 is 1.11 bits per heavy atom. The Morgan fingerprint density at radius 3 is 2.57 bits per heavy atom. The summed E-state index contributed by atoms with van der Waals surface area (Å²) in [4.78, 5) is 5.10. The predicted molar refractivity (Wildman–Crippen MR) is 108 cm³/mol. The normalized spacial score (nSPS) is 22.8. The van der Waals surface area contributed by atoms with Crippen molar-refractivity contribution < 1.29 is 4.74 Å². The van der Waals surface area contributed by atoms with E-state index in [-0.39, 0.29) is 12.1 Å². The molecule has 2 saturated heterocycles. The lowest BCUT2D eigenvalue weighted by Gasteiger charge is -2.40. The first-order chi connectivity index (χ1) is 13.7. The van der Waals surface area contributed by atoms with Crippen molar-refractivity contribution in [1.29, 1.82) is 0 Å². The van der Waals surface area contributed by atoms with Gasteiger partial charge in [0.25, 0.3) is 0 Å². The maximum absolute atomic E-state index is 5.80. The molecule has 2 aliphatic rings. The Balaban J connectivity index is 1.40. The SMILES string of the molecule is CC(C)[C@@H](c1nnnn1C[C@@H]1CCCO1)N1CCN(Cc2ccccc2)CC1. The molecule has 7 nitrogen and oxygen atoms in total. The van der Waals surface area contributed by atoms with Crippen LogP contribution in [0.25, 0.3) is 0 Å². The number of piperazine rings is 1. The Hall–Kier alpha value is -1.83. The summed E-state index contributed by atoms with van der Waals surface area (Å²) in [6.07, 6.45) is 2.49. The Bertz CT molecular complexity index is 720. The van der Waals surface area contributed by atoms with Crippen molar-refractivity contribution in [2.24, 2.45) is 5.92 Å². The highest BCUT2D eigenvalue weighted by Gasteiger charge is 2.32. The minimum Gasteiger partial charge on any atom is -0.376 e. The van der Waals surface area contributed by atoms with Gasteiger partial charge in [-0.2, -0.15) is 0 Å². The van der Waals surface area contributed by atoms with E-state index >= 15 is 0 Å². The van der Waals surface area contributed by atoms with Crippen LogP contribution in [-0.2, 0) is 17.8 Å². The van der Waals surface area contributed by atoms with Crippen LogP contribution in [-0.4, -0.2) is 68.9 Å². The van der Waals surface area contributed by atoms with Gasteiger partial charge in [0, 0.05) is 39.3 Å². The molecule has 0 aliphatic carbocycles. The molecule has 152 valence electrons. The first-order valence-electron chi connectivity index (χ1n) is 10.6. The molecule has 2 aromatic rings. The molecule has 0 saturated carbocycles. The summed E-state index contributed by atoms with van der Waals surface area (Å²) in [5.74, 6) is 1.44. The molecule has 2 aliphatic heterocycles. The molecule has 0 amide bonds. The number of hydrogen-bond donors (Lipinski definition) is 0. The third kappa shape index (κ3) is 4.59. The van der Waals surface area contributed by atoms with Crippen LogP contribution in [0.2, 0.25) is 0 Å². The third-order valence-corrected chi connectivity index (χ3v) is 5.91. The highest BCUT2D eigenvalue weighted by atomic mass is 16.5. The lowest BCUT2D eigenvalue weighted by atomic mass is 10.0. The maximum atomic E-state index is 5.80. The molecule has 0 radical (unpaired) electrons. The fourth-order valence-corrected chi connectivity index (χ4v) is 4.46. The average Bonchev–Trinajstić information content (AvgIpc) is 3.37. The number of nitrogens with zero attached hydrogens (tertiary/aromatic N) is 6. The summed E-state index contributed by atoms with van der Waals surface area (Å²) in [6.45, 7) is 11.4. The number of ether oxygens (including phenoxy) is 1. The topological polar surface area (TPSA) is 59.3 Å². The largest absolute Gasteiger partial charge is 0.376 e. The van der Waals surface area contributed by atoms with Crippen LogP contribution < -0.4 is 0 Å². The second-order valence-corrected chi connectivity index (χ2v) is 8.34. The summed E-state index contributed by atoms with van der Waals surface area (Å²) in [5, 5.41) is 12.7. The molecule has 0 N–H and O–H groups in total. The highest BCUT2D eigenvalue weighted by molar-refractivity contribution is 5.14. The molecule has 4 rings (SSSR count). The quantitative estimate of drug-likeness (QED) is 0.730. The van der Waals surface area contributed by atoms with Gasteiger partial charge in [-0.1, -0.05) is 44.2 Å². The summed E-state index contributed by atoms with van der Waals surface area (Å²) in [6, 6.07) is 11.0. The van der Waals surface area contributed by atoms with Crippen LogP contribution >= 0.6 is 0 Å². The molecule has 1 aromatic heterocycles. The van der Waals surface area contributed by atoms with Crippen molar-refractivity contribution in [2.75, 3.05) is 32.8 Å². The van der Waals surface area contributed by atoms with Gasteiger partial charge in [0.1, 0.15) is 0 Å². The van der Waals surface area contributed by atoms with Crippen LogP contribution in [0, 0.1) is 5.92 Å². The van der Waals surface area contributed by atoms with E-state index in [1.165, 1.54) is 5.56 Å². The smallest absolute Gasteiger partial charge is 0.168 e. The lowest BCUT2D eigenvalue weighted by Crippen LogP contribution is -2.48. The van der Waals surface area contributed by atoms with Gasteiger partial charge in [-0.3, -0.25) is 9.80 Å². The Morgan fingerprint density at radius 2 is 1.89 bits per heavy atom. The number of aromatic nitrogens is 4. The van der Waals surface area contributed by atoms with Gasteiger partial charge in [0.2, 0.25) is 0 Å². The van der Waals surface area contributed by atoms with Crippen LogP contribution in [0.4, 0.5) is 0 Å². The number of rotatable bonds is 7. The minimum atomic E-state index is 0.246. The van der Waals surface area contributed by atoms with E-state index in [2.05, 4.69) is 69.5 Å². The lowest BCUT2D eigenvalue weighted by molar-refractivity contribution is 0.0607. The highest BCUT2D eigenvalue weighted by Crippen LogP contribution is 2.28. The zero-order valence-electron chi connectivity index (χ0n) is 17.1. The van der Waals surface area contributed by atoms with E-state index < -0.39 is 0 Å². The van der Waals surface area contributed by atoms with Crippen LogP contribution in [0.15, 0.2) is 30.3 Å². The van der Waals surface area contributed by atoms with Crippen molar-refractivity contribution in [3.8, 4) is 0 Å². The molecule has 0 unspecified atom stereocenters. The van der Waals surface area contributed by atoms with Crippen LogP contribution in [0.3, 0.4) is 0 Å². The monoisotopic (exact) mass is 384 g/mol. The molecule has 0 spiro atoms. The second kappa shape index (κ2) is 9.11. The first-order valence-corrected chi connectivity index (χ1v) is 10.6. The zero-order valence-corrected chi connectivity index (χ0v) is 17.1. The van der Waals surface area contributed by atoms with E-state index in [0.717, 1.165) is 64.5 Å². The van der Waals surface area contributed by atoms with E-state index in [0.29, 0.717) is 5.92 Å². The van der Waals surface area contributed by atoms with Crippen molar-refractivity contribution in [2.45, 2.75) is 51.9 Å². The Labute approximate surface area is 167 Å². The van der Waals surface area contributed by atoms with Gasteiger partial charge < -0.3 is 4.74 Å². The summed E-state index contributed by atoms with van der Waals surface area (Å²) < 4.78 is 7.78. The van der Waals surface area contributed by atoms with Crippen LogP contribution in [0.1, 0.15) is 44.1 Å². The van der Waals surface area contributed by atoms with Gasteiger partial charge in [-0.05, 0) is 34.7 Å². The average molecular weight is 385 g/mol. The van der Waals surface area contributed by atoms with Crippen LogP contribution in [0.5, 0.6) is 0 Å². The molecule has 7 heteroatoms. The number of tetrazole rings is 1. The van der Waals surface area contributed by atoms with E-state index in [1.807, 2.05) is 4.68 Å². The molecular formula is C21H32N6O. The second-order valence-electron chi connectivity index (χ2n) is 8.34. The van der Waals surface area contributed by atoms with E-state index in [9.17, 15) is 0 Å². The molecule has 2 fully saturated rings. The Kier molecular flexibility index (Phi) is 6.34. The van der Waals surface area contributed by atoms with Crippen molar-refractivity contribution in [3.63, 3.8) is 0 Å². The molecule has 3 heterocycles. The minimum absolute atomic E-state index is 0.246. The van der Waals surface area contributed by atoms with Crippen molar-refractivity contribution in [3.05, 3.63) is 41.7 Å². The molecule has 2 atom stereocenters. The summed E-state index contributed by atoms with van der Waals surface area (Å²) >= 11 is 0. The fourth-order valence-electron chi connectivity index (χ4n) is 4.46. The van der Waals surface area contributed by atoms with Gasteiger partial charge in [0.15, 0.2) is 5.82 Å². The van der Waals surface area contributed by atoms with Crippen molar-refractivity contribution >= 4 is 0 Å². The van der Waals surface area contributed by atoms with Gasteiger partial charge >= 0.3 is 0 Å². The van der Waals surface area contributed by atoms with E-state index in [1.54, 1.807) is 0 Å². The molecular weight excluding hydrogens is 352 g/mol. The fraction of sp³-hybridized carbons (Fsp3) is 0.667. The first kappa shape index (κ1) is 19.5. The zero-order chi connectivity index (χ0) is 19.3. The maximum Gasteiger partial charge on any atom is 0.168 e. The predicted octanol–water partition coefficient (Wildman–Crippen LogP) is 2.37. The van der Waals surface area contributed by atoms with Crippen molar-refractivity contribution in [1.82, 2.24) is 30.0 Å². The standard InChI is InChI=1S/C21H32N6O/c1-17(2)20(21-22-23-24-27(21)16-19-9-6-14-28-19)26-12-10-25(11-13-26)15-18-7-4-3-5-8-18/h3-5,7-8,17,19-20H,6,9-16H2,1-2H3/t19-,20-/m0/s1.